The maximum atomic E-state index is 13.5. The number of ether oxygens (including phenoxy) is 2. The maximum absolute atomic E-state index is 13.5. The summed E-state index contributed by atoms with van der Waals surface area (Å²) in [5, 5.41) is 6.22. The number of hydrogen-bond donors (Lipinski definition) is 0. The van der Waals surface area contributed by atoms with Crippen LogP contribution in [0.2, 0.25) is 0 Å². The molecule has 1 aliphatic heterocycles. The minimum atomic E-state index is -0.239. The van der Waals surface area contributed by atoms with Gasteiger partial charge < -0.3 is 18.9 Å². The Morgan fingerprint density at radius 2 is 1.86 bits per heavy atom. The van der Waals surface area contributed by atoms with Gasteiger partial charge in [0.2, 0.25) is 5.91 Å². The van der Waals surface area contributed by atoms with E-state index < -0.39 is 0 Å². The van der Waals surface area contributed by atoms with E-state index in [0.29, 0.717) is 30.0 Å². The molecule has 0 radical (unpaired) electrons. The number of para-hydroxylation sites is 1. The molecule has 0 N–H and O–H groups in total. The van der Waals surface area contributed by atoms with Gasteiger partial charge >= 0.3 is 0 Å². The summed E-state index contributed by atoms with van der Waals surface area (Å²) in [6, 6.07) is 11.7. The number of methoxy groups -OCH3 is 2. The highest BCUT2D eigenvalue weighted by Crippen LogP contribution is 2.38. The fourth-order valence-corrected chi connectivity index (χ4v) is 5.27. The molecule has 1 atom stereocenters. The monoisotopic (exact) mass is 474 g/mol. The molecular formula is C27H30N4O4. The van der Waals surface area contributed by atoms with Crippen LogP contribution in [0.15, 0.2) is 47.4 Å². The molecule has 5 rings (SSSR count). The SMILES string of the molecule is CCCn1c2ccccc2c2cnn(CC(=O)N3CCc4cc(OC)c(OC)cc4[C@@H]3C)c(=O)c21. The van der Waals surface area contributed by atoms with E-state index >= 15 is 0 Å². The second kappa shape index (κ2) is 9.09. The average molecular weight is 475 g/mol. The van der Waals surface area contributed by atoms with Gasteiger partial charge in [-0.15, -0.1) is 0 Å². The van der Waals surface area contributed by atoms with Gasteiger partial charge in [0.05, 0.1) is 26.5 Å². The molecule has 2 aromatic carbocycles. The molecule has 35 heavy (non-hydrogen) atoms. The van der Waals surface area contributed by atoms with Crippen LogP contribution in [0.4, 0.5) is 0 Å². The first-order valence-electron chi connectivity index (χ1n) is 12.0. The molecule has 0 aliphatic carbocycles. The lowest BCUT2D eigenvalue weighted by molar-refractivity contribution is -0.134. The molecule has 2 aromatic heterocycles. The van der Waals surface area contributed by atoms with Crippen molar-refractivity contribution >= 4 is 27.7 Å². The van der Waals surface area contributed by atoms with Crippen molar-refractivity contribution in [3.05, 3.63) is 64.1 Å². The van der Waals surface area contributed by atoms with Crippen molar-refractivity contribution in [3.63, 3.8) is 0 Å². The van der Waals surface area contributed by atoms with E-state index in [4.69, 9.17) is 9.47 Å². The van der Waals surface area contributed by atoms with Crippen LogP contribution in [0.25, 0.3) is 21.8 Å². The third-order valence-electron chi connectivity index (χ3n) is 7.01. The molecule has 0 unspecified atom stereocenters. The second-order valence-corrected chi connectivity index (χ2v) is 8.96. The molecule has 4 aromatic rings. The van der Waals surface area contributed by atoms with Crippen LogP contribution >= 0.6 is 0 Å². The largest absolute Gasteiger partial charge is 0.493 e. The van der Waals surface area contributed by atoms with Crippen molar-refractivity contribution in [2.45, 2.75) is 45.8 Å². The predicted molar refractivity (Wildman–Crippen MR) is 135 cm³/mol. The topological polar surface area (TPSA) is 78.6 Å². The average Bonchev–Trinajstić information content (AvgIpc) is 3.19. The summed E-state index contributed by atoms with van der Waals surface area (Å²) in [7, 11) is 3.22. The Morgan fingerprint density at radius 3 is 2.60 bits per heavy atom. The fraction of sp³-hybridized carbons (Fsp3) is 0.370. The molecule has 8 nitrogen and oxygen atoms in total. The Kier molecular flexibility index (Phi) is 5.96. The molecule has 8 heteroatoms. The number of carbonyl (C=O) groups excluding carboxylic acids is 1. The molecule has 0 spiro atoms. The van der Waals surface area contributed by atoms with Gasteiger partial charge in [0, 0.05) is 29.4 Å². The van der Waals surface area contributed by atoms with Crippen LogP contribution in [0.3, 0.4) is 0 Å². The van der Waals surface area contributed by atoms with Crippen molar-refractivity contribution in [2.75, 3.05) is 20.8 Å². The molecule has 0 saturated carbocycles. The normalized spacial score (nSPS) is 15.4. The lowest BCUT2D eigenvalue weighted by Gasteiger charge is -2.35. The summed E-state index contributed by atoms with van der Waals surface area (Å²) < 4.78 is 14.3. The van der Waals surface area contributed by atoms with E-state index in [9.17, 15) is 9.59 Å². The number of rotatable bonds is 6. The van der Waals surface area contributed by atoms with Gasteiger partial charge in [-0.2, -0.15) is 5.10 Å². The van der Waals surface area contributed by atoms with Crippen molar-refractivity contribution in [3.8, 4) is 11.5 Å². The van der Waals surface area contributed by atoms with Gasteiger partial charge in [0.15, 0.2) is 11.5 Å². The zero-order valence-electron chi connectivity index (χ0n) is 20.6. The van der Waals surface area contributed by atoms with E-state index in [0.717, 1.165) is 40.4 Å². The molecule has 0 bridgehead atoms. The third-order valence-corrected chi connectivity index (χ3v) is 7.01. The van der Waals surface area contributed by atoms with Crippen LogP contribution in [0, 0.1) is 0 Å². The smallest absolute Gasteiger partial charge is 0.291 e. The van der Waals surface area contributed by atoms with Crippen LogP contribution in [0.1, 0.15) is 37.4 Å². The van der Waals surface area contributed by atoms with E-state index in [2.05, 4.69) is 16.6 Å². The van der Waals surface area contributed by atoms with Gasteiger partial charge in [0.1, 0.15) is 12.1 Å². The first-order chi connectivity index (χ1) is 17.0. The second-order valence-electron chi connectivity index (χ2n) is 8.96. The van der Waals surface area contributed by atoms with Crippen molar-refractivity contribution in [1.29, 1.82) is 0 Å². The van der Waals surface area contributed by atoms with E-state index in [1.54, 1.807) is 20.4 Å². The zero-order valence-corrected chi connectivity index (χ0v) is 20.6. The maximum Gasteiger partial charge on any atom is 0.291 e. The van der Waals surface area contributed by atoms with Crippen molar-refractivity contribution in [1.82, 2.24) is 19.2 Å². The number of benzene rings is 2. The highest BCUT2D eigenvalue weighted by molar-refractivity contribution is 6.07. The summed E-state index contributed by atoms with van der Waals surface area (Å²) in [6.07, 6.45) is 3.32. The van der Waals surface area contributed by atoms with Crippen LogP contribution in [-0.2, 0) is 24.3 Å². The van der Waals surface area contributed by atoms with E-state index in [-0.39, 0.29) is 24.1 Å². The van der Waals surface area contributed by atoms with Gasteiger partial charge in [-0.3, -0.25) is 9.59 Å². The number of fused-ring (bicyclic) bond motifs is 4. The third kappa shape index (κ3) is 3.73. The van der Waals surface area contributed by atoms with Gasteiger partial charge in [-0.25, -0.2) is 4.68 Å². The summed E-state index contributed by atoms with van der Waals surface area (Å²) >= 11 is 0. The standard InChI is InChI=1S/C27H30N4O4/c1-5-11-30-22-9-7-6-8-19(22)21-15-28-31(27(33)26(21)30)16-25(32)29-12-10-18-13-23(34-3)24(35-4)14-20(18)17(29)2/h6-9,13-15,17H,5,10-12,16H2,1-4H3/t17-/m0/s1. The number of aryl methyl sites for hydroxylation is 1. The predicted octanol–water partition coefficient (Wildman–Crippen LogP) is 3.92. The Morgan fingerprint density at radius 1 is 1.11 bits per heavy atom. The summed E-state index contributed by atoms with van der Waals surface area (Å²) in [5.74, 6) is 1.19. The minimum Gasteiger partial charge on any atom is -0.493 e. The summed E-state index contributed by atoms with van der Waals surface area (Å²) in [6.45, 7) is 5.28. The van der Waals surface area contributed by atoms with Crippen molar-refractivity contribution in [2.24, 2.45) is 0 Å². The molecule has 1 amide bonds. The highest BCUT2D eigenvalue weighted by atomic mass is 16.5. The van der Waals surface area contributed by atoms with E-state index in [1.807, 2.05) is 48.2 Å². The Hall–Kier alpha value is -3.81. The number of carbonyl (C=O) groups is 1. The highest BCUT2D eigenvalue weighted by Gasteiger charge is 2.30. The van der Waals surface area contributed by atoms with E-state index in [1.165, 1.54) is 4.68 Å². The van der Waals surface area contributed by atoms with Crippen LogP contribution in [0.5, 0.6) is 11.5 Å². The van der Waals surface area contributed by atoms with Gasteiger partial charge in [-0.05, 0) is 49.1 Å². The Labute approximate surface area is 203 Å². The molecule has 0 saturated heterocycles. The lowest BCUT2D eigenvalue weighted by atomic mass is 9.92. The molecule has 182 valence electrons. The minimum absolute atomic E-state index is 0.102. The number of aromatic nitrogens is 3. The van der Waals surface area contributed by atoms with Crippen LogP contribution < -0.4 is 15.0 Å². The number of amides is 1. The molecule has 3 heterocycles. The number of hydrogen-bond acceptors (Lipinski definition) is 5. The number of nitrogens with zero attached hydrogens (tertiary/aromatic N) is 4. The summed E-state index contributed by atoms with van der Waals surface area (Å²) in [4.78, 5) is 28.7. The molecule has 1 aliphatic rings. The van der Waals surface area contributed by atoms with Crippen LogP contribution in [-0.4, -0.2) is 45.9 Å². The summed E-state index contributed by atoms with van der Waals surface area (Å²) in [5.41, 5.74) is 3.54. The Bertz CT molecular complexity index is 1490. The van der Waals surface area contributed by atoms with Crippen molar-refractivity contribution < 1.29 is 14.3 Å². The van der Waals surface area contributed by atoms with Gasteiger partial charge in [-0.1, -0.05) is 25.1 Å². The first kappa shape index (κ1) is 23.0. The lowest BCUT2D eigenvalue weighted by Crippen LogP contribution is -2.42. The quantitative estimate of drug-likeness (QED) is 0.423. The van der Waals surface area contributed by atoms with Gasteiger partial charge in [0.25, 0.3) is 5.56 Å². The first-order valence-corrected chi connectivity index (χ1v) is 12.0. The molecular weight excluding hydrogens is 444 g/mol. The molecule has 0 fully saturated rings. The Balaban J connectivity index is 1.48. The zero-order chi connectivity index (χ0) is 24.7. The fourth-order valence-electron chi connectivity index (χ4n) is 5.27.